The van der Waals surface area contributed by atoms with Gasteiger partial charge in [0.1, 0.15) is 0 Å². The third-order valence-corrected chi connectivity index (χ3v) is 2.49. The average Bonchev–Trinajstić information content (AvgIpc) is 3.02. The molecule has 0 unspecified atom stereocenters. The van der Waals surface area contributed by atoms with E-state index >= 15 is 0 Å². The first-order chi connectivity index (χ1) is 8.44. The molecule has 1 saturated carbocycles. The highest BCUT2D eigenvalue weighted by Gasteiger charge is 2.32. The van der Waals surface area contributed by atoms with Crippen molar-refractivity contribution in [3.63, 3.8) is 0 Å². The Morgan fingerprint density at radius 3 is 2.56 bits per heavy atom. The molecule has 98 valence electrons. The van der Waals surface area contributed by atoms with E-state index in [0.717, 1.165) is 12.8 Å². The van der Waals surface area contributed by atoms with Crippen molar-refractivity contribution in [1.29, 1.82) is 0 Å². The van der Waals surface area contributed by atoms with Gasteiger partial charge in [-0.2, -0.15) is 0 Å². The van der Waals surface area contributed by atoms with Gasteiger partial charge < -0.3 is 15.4 Å². The highest BCUT2D eigenvalue weighted by atomic mass is 32.1. The molecule has 1 aliphatic carbocycles. The van der Waals surface area contributed by atoms with Gasteiger partial charge in [0.25, 0.3) is 0 Å². The Balaban J connectivity index is 2.04. The van der Waals surface area contributed by atoms with Crippen molar-refractivity contribution in [3.8, 4) is 5.75 Å². The molecule has 1 aromatic carbocycles. The van der Waals surface area contributed by atoms with Gasteiger partial charge in [-0.15, -0.1) is 13.2 Å². The lowest BCUT2D eigenvalue weighted by Crippen LogP contribution is -2.30. The summed E-state index contributed by atoms with van der Waals surface area (Å²) in [6.45, 7) is 0. The summed E-state index contributed by atoms with van der Waals surface area (Å²) in [5.41, 5.74) is 0.188. The monoisotopic (exact) mass is 276 g/mol. The zero-order valence-electron chi connectivity index (χ0n) is 9.25. The molecule has 2 rings (SSSR count). The summed E-state index contributed by atoms with van der Waals surface area (Å²) >= 11 is 4.99. The molecule has 1 aliphatic rings. The van der Waals surface area contributed by atoms with E-state index in [1.807, 2.05) is 0 Å². The topological polar surface area (TPSA) is 33.3 Å². The van der Waals surface area contributed by atoms with Crippen molar-refractivity contribution < 1.29 is 17.9 Å². The second-order valence-electron chi connectivity index (χ2n) is 3.92. The Labute approximate surface area is 107 Å². The number of rotatable bonds is 3. The minimum atomic E-state index is -4.72. The first-order valence-electron chi connectivity index (χ1n) is 5.36. The Kier molecular flexibility index (Phi) is 3.60. The molecule has 2 N–H and O–H groups in total. The molecule has 0 radical (unpaired) electrons. The van der Waals surface area contributed by atoms with Crippen LogP contribution in [0.1, 0.15) is 12.8 Å². The summed E-state index contributed by atoms with van der Waals surface area (Å²) in [6, 6.07) is 6.10. The highest BCUT2D eigenvalue weighted by Crippen LogP contribution is 2.30. The lowest BCUT2D eigenvalue weighted by Gasteiger charge is -2.15. The predicted octanol–water partition coefficient (Wildman–Crippen LogP) is 3.03. The van der Waals surface area contributed by atoms with E-state index in [4.69, 9.17) is 12.2 Å². The summed E-state index contributed by atoms with van der Waals surface area (Å²) in [7, 11) is 0. The van der Waals surface area contributed by atoms with Crippen LogP contribution in [0, 0.1) is 0 Å². The van der Waals surface area contributed by atoms with Crippen LogP contribution in [0.4, 0.5) is 18.9 Å². The van der Waals surface area contributed by atoms with Gasteiger partial charge >= 0.3 is 6.36 Å². The molecule has 0 aliphatic heterocycles. The maximum atomic E-state index is 12.2. The molecule has 18 heavy (non-hydrogen) atoms. The first-order valence-corrected chi connectivity index (χ1v) is 5.77. The van der Waals surface area contributed by atoms with E-state index in [1.54, 1.807) is 6.07 Å². The molecule has 1 aromatic rings. The zero-order valence-corrected chi connectivity index (χ0v) is 10.1. The van der Waals surface area contributed by atoms with Crippen LogP contribution in [0.5, 0.6) is 5.75 Å². The summed E-state index contributed by atoms with van der Waals surface area (Å²) in [6.07, 6.45) is -2.66. The average molecular weight is 276 g/mol. The van der Waals surface area contributed by atoms with Crippen LogP contribution in [0.15, 0.2) is 24.3 Å². The number of alkyl halides is 3. The Bertz CT molecular complexity index is 446. The van der Waals surface area contributed by atoms with Crippen molar-refractivity contribution in [2.24, 2.45) is 0 Å². The van der Waals surface area contributed by atoms with Crippen LogP contribution >= 0.6 is 12.2 Å². The molecule has 0 aromatic heterocycles. The molecule has 0 spiro atoms. The van der Waals surface area contributed by atoms with Gasteiger partial charge in [-0.3, -0.25) is 0 Å². The van der Waals surface area contributed by atoms with E-state index in [0.29, 0.717) is 11.2 Å². The van der Waals surface area contributed by atoms with Crippen molar-refractivity contribution >= 4 is 23.0 Å². The smallest absolute Gasteiger partial charge is 0.404 e. The number of benzene rings is 1. The van der Waals surface area contributed by atoms with Gasteiger partial charge in [-0.25, -0.2) is 0 Å². The molecule has 7 heteroatoms. The summed E-state index contributed by atoms with van der Waals surface area (Å²) in [4.78, 5) is 0. The van der Waals surface area contributed by atoms with Crippen LogP contribution in [-0.4, -0.2) is 17.5 Å². The molecule has 3 nitrogen and oxygen atoms in total. The fraction of sp³-hybridized carbons (Fsp3) is 0.364. The van der Waals surface area contributed by atoms with Gasteiger partial charge in [-0.1, -0.05) is 12.1 Å². The fourth-order valence-electron chi connectivity index (χ4n) is 1.36. The number of nitrogens with one attached hydrogen (secondary N) is 2. The van der Waals surface area contributed by atoms with E-state index in [9.17, 15) is 13.2 Å². The second kappa shape index (κ2) is 5.01. The summed E-state index contributed by atoms with van der Waals surface area (Å²) in [5, 5.41) is 5.98. The van der Waals surface area contributed by atoms with Gasteiger partial charge in [-0.05, 0) is 37.2 Å². The number of ether oxygens (including phenoxy) is 1. The molecule has 0 saturated heterocycles. The summed E-state index contributed by atoms with van der Waals surface area (Å²) < 4.78 is 40.4. The summed E-state index contributed by atoms with van der Waals surface area (Å²) in [5.74, 6) is -0.301. The van der Waals surface area contributed by atoms with Gasteiger partial charge in [0.05, 0.1) is 5.69 Å². The largest absolute Gasteiger partial charge is 0.573 e. The quantitative estimate of drug-likeness (QED) is 0.831. The standard InChI is InChI=1S/C11H11F3N2OS/c12-11(13,14)17-9-4-2-1-3-8(9)16-10(18)15-7-5-6-7/h1-4,7H,5-6H2,(H2,15,16,18). The van der Waals surface area contributed by atoms with E-state index < -0.39 is 6.36 Å². The minimum absolute atomic E-state index is 0.188. The number of hydrogen-bond donors (Lipinski definition) is 2. The third-order valence-electron chi connectivity index (χ3n) is 2.27. The number of halogens is 3. The number of anilines is 1. The molecule has 0 heterocycles. The lowest BCUT2D eigenvalue weighted by atomic mass is 10.3. The molecule has 0 bridgehead atoms. The van der Waals surface area contributed by atoms with Crippen LogP contribution < -0.4 is 15.4 Å². The Morgan fingerprint density at radius 1 is 1.28 bits per heavy atom. The van der Waals surface area contributed by atoms with E-state index in [1.165, 1.54) is 18.2 Å². The Morgan fingerprint density at radius 2 is 1.94 bits per heavy atom. The second-order valence-corrected chi connectivity index (χ2v) is 4.32. The van der Waals surface area contributed by atoms with Crippen molar-refractivity contribution in [2.75, 3.05) is 5.32 Å². The van der Waals surface area contributed by atoms with Crippen molar-refractivity contribution in [1.82, 2.24) is 5.32 Å². The molecule has 1 fully saturated rings. The SMILES string of the molecule is FC(F)(F)Oc1ccccc1NC(=S)NC1CC1. The Hall–Kier alpha value is -1.50. The number of thiocarbonyl (C=S) groups is 1. The normalized spacial score (nSPS) is 15.1. The van der Waals surface area contributed by atoms with Crippen LogP contribution in [0.3, 0.4) is 0 Å². The van der Waals surface area contributed by atoms with Crippen LogP contribution in [-0.2, 0) is 0 Å². The van der Waals surface area contributed by atoms with Crippen LogP contribution in [0.2, 0.25) is 0 Å². The highest BCUT2D eigenvalue weighted by molar-refractivity contribution is 7.80. The lowest BCUT2D eigenvalue weighted by molar-refractivity contribution is -0.274. The van der Waals surface area contributed by atoms with Crippen molar-refractivity contribution in [3.05, 3.63) is 24.3 Å². The minimum Gasteiger partial charge on any atom is -0.404 e. The fourth-order valence-corrected chi connectivity index (χ4v) is 1.63. The third kappa shape index (κ3) is 4.06. The molecule has 0 amide bonds. The van der Waals surface area contributed by atoms with Gasteiger partial charge in [0, 0.05) is 6.04 Å². The van der Waals surface area contributed by atoms with Crippen LogP contribution in [0.25, 0.3) is 0 Å². The maximum absolute atomic E-state index is 12.2. The molecular weight excluding hydrogens is 265 g/mol. The van der Waals surface area contributed by atoms with E-state index in [-0.39, 0.29) is 11.4 Å². The maximum Gasteiger partial charge on any atom is 0.573 e. The number of hydrogen-bond acceptors (Lipinski definition) is 2. The molecule has 0 atom stereocenters. The van der Waals surface area contributed by atoms with Gasteiger partial charge in [0.2, 0.25) is 0 Å². The van der Waals surface area contributed by atoms with Gasteiger partial charge in [0.15, 0.2) is 10.9 Å². The van der Waals surface area contributed by atoms with E-state index in [2.05, 4.69) is 15.4 Å². The predicted molar refractivity (Wildman–Crippen MR) is 65.5 cm³/mol. The first kappa shape index (κ1) is 12.9. The zero-order chi connectivity index (χ0) is 13.2. The molecular formula is C11H11F3N2OS. The number of para-hydroxylation sites is 2. The van der Waals surface area contributed by atoms with Crippen molar-refractivity contribution in [2.45, 2.75) is 25.2 Å².